The van der Waals surface area contributed by atoms with E-state index >= 15 is 0 Å². The molecule has 0 bridgehead atoms. The number of nitrogens with one attached hydrogen (secondary N) is 1. The predicted molar refractivity (Wildman–Crippen MR) is 98.2 cm³/mol. The van der Waals surface area contributed by atoms with Crippen LogP contribution in [-0.2, 0) is 0 Å². The van der Waals surface area contributed by atoms with Crippen LogP contribution in [0, 0.1) is 10.1 Å². The fraction of sp³-hybridized carbons (Fsp3) is 0.235. The third-order valence-corrected chi connectivity index (χ3v) is 4.37. The maximum Gasteiger partial charge on any atom is 0.372 e. The predicted octanol–water partition coefficient (Wildman–Crippen LogP) is 3.61. The fourth-order valence-electron chi connectivity index (χ4n) is 2.79. The van der Waals surface area contributed by atoms with Crippen LogP contribution in [0.5, 0.6) is 0 Å². The van der Waals surface area contributed by atoms with Gasteiger partial charge in [0.2, 0.25) is 11.5 Å². The molecule has 1 unspecified atom stereocenters. The summed E-state index contributed by atoms with van der Waals surface area (Å²) in [6.45, 7) is 0.432. The molecule has 0 saturated carbocycles. The molecule has 25 heavy (non-hydrogen) atoms. The van der Waals surface area contributed by atoms with Gasteiger partial charge in [0.15, 0.2) is 0 Å². The van der Waals surface area contributed by atoms with Crippen LogP contribution in [0.2, 0.25) is 5.02 Å². The number of aromatic nitrogens is 2. The Hall–Kier alpha value is -2.64. The minimum atomic E-state index is -0.428. The zero-order valence-electron chi connectivity index (χ0n) is 13.9. The number of hydrogen-bond donors (Lipinski definition) is 1. The molecule has 3 rings (SSSR count). The SMILES string of the molecule is CN(C)C(CNc1nc2ccccn2c1[N+](=O)[O-])c1ccccc1Cl. The molecule has 0 radical (unpaired) electrons. The lowest BCUT2D eigenvalue weighted by Gasteiger charge is -2.25. The first kappa shape index (κ1) is 17.2. The van der Waals surface area contributed by atoms with E-state index in [1.165, 1.54) is 4.40 Å². The van der Waals surface area contributed by atoms with Crippen molar-refractivity contribution in [3.8, 4) is 0 Å². The molecule has 2 aromatic heterocycles. The summed E-state index contributed by atoms with van der Waals surface area (Å²) in [4.78, 5) is 17.4. The monoisotopic (exact) mass is 359 g/mol. The molecule has 1 N–H and O–H groups in total. The Morgan fingerprint density at radius 1 is 1.28 bits per heavy atom. The molecule has 7 nitrogen and oxygen atoms in total. The number of pyridine rings is 1. The average Bonchev–Trinajstić information content (AvgIpc) is 2.94. The van der Waals surface area contributed by atoms with Gasteiger partial charge in [0.25, 0.3) is 0 Å². The van der Waals surface area contributed by atoms with Crippen molar-refractivity contribution in [1.82, 2.24) is 14.3 Å². The summed E-state index contributed by atoms with van der Waals surface area (Å²) in [5, 5.41) is 15.2. The summed E-state index contributed by atoms with van der Waals surface area (Å²) in [5.41, 5.74) is 1.48. The van der Waals surface area contributed by atoms with Crippen molar-refractivity contribution in [2.45, 2.75) is 6.04 Å². The highest BCUT2D eigenvalue weighted by Gasteiger charge is 2.24. The Bertz CT molecular complexity index is 909. The topological polar surface area (TPSA) is 75.7 Å². The van der Waals surface area contributed by atoms with Crippen molar-refractivity contribution < 1.29 is 4.92 Å². The number of halogens is 1. The summed E-state index contributed by atoms with van der Waals surface area (Å²) in [6, 6.07) is 12.8. The lowest BCUT2D eigenvalue weighted by Crippen LogP contribution is -2.27. The Morgan fingerprint density at radius 3 is 2.68 bits per heavy atom. The third-order valence-electron chi connectivity index (χ3n) is 4.03. The zero-order valence-corrected chi connectivity index (χ0v) is 14.6. The van der Waals surface area contributed by atoms with Crippen LogP contribution < -0.4 is 5.32 Å². The molecule has 0 amide bonds. The molecule has 1 atom stereocenters. The van der Waals surface area contributed by atoms with Crippen LogP contribution in [0.3, 0.4) is 0 Å². The second-order valence-electron chi connectivity index (χ2n) is 5.85. The van der Waals surface area contributed by atoms with Gasteiger partial charge in [-0.2, -0.15) is 9.38 Å². The highest BCUT2D eigenvalue weighted by atomic mass is 35.5. The van der Waals surface area contributed by atoms with Crippen LogP contribution in [0.25, 0.3) is 5.65 Å². The normalized spacial score (nSPS) is 12.5. The molecule has 3 aromatic rings. The van der Waals surface area contributed by atoms with Crippen molar-refractivity contribution in [3.05, 3.63) is 69.4 Å². The van der Waals surface area contributed by atoms with Gasteiger partial charge in [0, 0.05) is 17.6 Å². The van der Waals surface area contributed by atoms with Crippen molar-refractivity contribution in [1.29, 1.82) is 0 Å². The van der Waals surface area contributed by atoms with Crippen LogP contribution in [-0.4, -0.2) is 39.8 Å². The van der Waals surface area contributed by atoms with E-state index in [-0.39, 0.29) is 17.7 Å². The molecule has 8 heteroatoms. The van der Waals surface area contributed by atoms with Crippen LogP contribution >= 0.6 is 11.6 Å². The molecule has 0 spiro atoms. The smallest absolute Gasteiger partial charge is 0.361 e. The second kappa shape index (κ2) is 7.08. The number of imidazole rings is 1. The van der Waals surface area contributed by atoms with E-state index in [1.54, 1.807) is 24.4 Å². The Balaban J connectivity index is 1.92. The fourth-order valence-corrected chi connectivity index (χ4v) is 3.05. The largest absolute Gasteiger partial charge is 0.372 e. The summed E-state index contributed by atoms with van der Waals surface area (Å²) >= 11 is 6.31. The molecule has 130 valence electrons. The standard InChI is InChI=1S/C17H18ClN5O2/c1-21(2)14(12-7-3-4-8-13(12)18)11-19-16-17(23(24)25)22-10-6-5-9-15(22)20-16/h3-10,14,19H,11H2,1-2H3. The minimum Gasteiger partial charge on any atom is -0.361 e. The number of hydrogen-bond acceptors (Lipinski definition) is 5. The molecule has 0 aliphatic carbocycles. The van der Waals surface area contributed by atoms with E-state index in [0.717, 1.165) is 5.56 Å². The van der Waals surface area contributed by atoms with Crippen molar-refractivity contribution in [3.63, 3.8) is 0 Å². The van der Waals surface area contributed by atoms with Gasteiger partial charge in [-0.25, -0.2) is 0 Å². The molecule has 0 saturated heterocycles. The van der Waals surface area contributed by atoms with E-state index in [0.29, 0.717) is 17.2 Å². The number of fused-ring (bicyclic) bond motifs is 1. The molecular formula is C17H18ClN5O2. The lowest BCUT2D eigenvalue weighted by atomic mass is 10.1. The zero-order chi connectivity index (χ0) is 18.0. The number of anilines is 1. The van der Waals surface area contributed by atoms with Gasteiger partial charge in [-0.15, -0.1) is 0 Å². The Labute approximate surface area is 150 Å². The molecule has 1 aromatic carbocycles. The molecule has 0 fully saturated rings. The van der Waals surface area contributed by atoms with E-state index in [2.05, 4.69) is 10.3 Å². The van der Waals surface area contributed by atoms with Gasteiger partial charge in [-0.1, -0.05) is 35.9 Å². The lowest BCUT2D eigenvalue weighted by molar-refractivity contribution is -0.389. The van der Waals surface area contributed by atoms with Gasteiger partial charge in [-0.05, 0) is 36.7 Å². The number of rotatable bonds is 6. The maximum atomic E-state index is 11.5. The van der Waals surface area contributed by atoms with Crippen molar-refractivity contribution in [2.75, 3.05) is 26.0 Å². The van der Waals surface area contributed by atoms with Crippen LogP contribution in [0.15, 0.2) is 48.7 Å². The number of benzene rings is 1. The molecular weight excluding hydrogens is 342 g/mol. The first-order valence-electron chi connectivity index (χ1n) is 7.75. The second-order valence-corrected chi connectivity index (χ2v) is 6.26. The average molecular weight is 360 g/mol. The molecule has 0 aliphatic heterocycles. The van der Waals surface area contributed by atoms with Gasteiger partial charge >= 0.3 is 5.82 Å². The Morgan fingerprint density at radius 2 is 2.00 bits per heavy atom. The summed E-state index contributed by atoms with van der Waals surface area (Å²) in [6.07, 6.45) is 1.63. The van der Waals surface area contributed by atoms with E-state index in [4.69, 9.17) is 11.6 Å². The Kier molecular flexibility index (Phi) is 4.87. The van der Waals surface area contributed by atoms with Crippen molar-refractivity contribution >= 4 is 28.9 Å². The maximum absolute atomic E-state index is 11.5. The molecule has 0 aliphatic rings. The van der Waals surface area contributed by atoms with Gasteiger partial charge in [0.1, 0.15) is 0 Å². The highest BCUT2D eigenvalue weighted by Crippen LogP contribution is 2.29. The molecule has 2 heterocycles. The first-order valence-corrected chi connectivity index (χ1v) is 8.13. The van der Waals surface area contributed by atoms with Crippen molar-refractivity contribution in [2.24, 2.45) is 0 Å². The first-order chi connectivity index (χ1) is 12.0. The van der Waals surface area contributed by atoms with E-state index in [1.807, 2.05) is 43.3 Å². The summed E-state index contributed by atoms with van der Waals surface area (Å²) in [7, 11) is 3.88. The van der Waals surface area contributed by atoms with Crippen LogP contribution in [0.1, 0.15) is 11.6 Å². The number of likely N-dealkylation sites (N-methyl/N-ethyl adjacent to an activating group) is 1. The quantitative estimate of drug-likeness (QED) is 0.537. The van der Waals surface area contributed by atoms with E-state index < -0.39 is 4.92 Å². The van der Waals surface area contributed by atoms with Gasteiger partial charge < -0.3 is 20.3 Å². The number of nitro groups is 1. The summed E-state index contributed by atoms with van der Waals surface area (Å²) < 4.78 is 1.46. The number of nitrogens with zero attached hydrogens (tertiary/aromatic N) is 4. The highest BCUT2D eigenvalue weighted by molar-refractivity contribution is 6.31. The minimum absolute atomic E-state index is 0.0573. The van der Waals surface area contributed by atoms with E-state index in [9.17, 15) is 10.1 Å². The van der Waals surface area contributed by atoms with Gasteiger partial charge in [0.05, 0.1) is 12.2 Å². The third kappa shape index (κ3) is 3.42. The van der Waals surface area contributed by atoms with Gasteiger partial charge in [-0.3, -0.25) is 0 Å². The summed E-state index contributed by atoms with van der Waals surface area (Å²) in [5.74, 6) is 0.169. The van der Waals surface area contributed by atoms with Crippen LogP contribution in [0.4, 0.5) is 11.6 Å².